The highest BCUT2D eigenvalue weighted by Gasteiger charge is 2.46. The van der Waals surface area contributed by atoms with Crippen LogP contribution in [0.5, 0.6) is 0 Å². The van der Waals surface area contributed by atoms with E-state index in [0.29, 0.717) is 16.9 Å². The Bertz CT molecular complexity index is 1020. The molecule has 3 rings (SSSR count). The highest BCUT2D eigenvalue weighted by Crippen LogP contribution is 2.27. The number of esters is 1. The first-order chi connectivity index (χ1) is 15.8. The first kappa shape index (κ1) is 23.9. The number of nitrogens with one attached hydrogen (secondary N) is 1. The second-order valence-electron chi connectivity index (χ2n) is 7.54. The maximum Gasteiger partial charge on any atom is 0.338 e. The van der Waals surface area contributed by atoms with Gasteiger partial charge in [0.1, 0.15) is 6.04 Å². The fraction of sp³-hybridized carbons (Fsp3) is 0.333. The molecular weight excluding hydrogens is 426 g/mol. The molecule has 1 unspecified atom stereocenters. The van der Waals surface area contributed by atoms with Crippen molar-refractivity contribution in [2.75, 3.05) is 37.1 Å². The Labute approximate surface area is 192 Å². The maximum absolute atomic E-state index is 13.1. The van der Waals surface area contributed by atoms with Crippen molar-refractivity contribution in [1.82, 2.24) is 4.90 Å². The molecule has 9 nitrogen and oxygen atoms in total. The number of methoxy groups -OCH3 is 1. The zero-order valence-corrected chi connectivity index (χ0v) is 18.9. The maximum atomic E-state index is 13.1. The van der Waals surface area contributed by atoms with E-state index in [1.807, 2.05) is 19.1 Å². The van der Waals surface area contributed by atoms with Crippen molar-refractivity contribution in [2.45, 2.75) is 26.3 Å². The van der Waals surface area contributed by atoms with Crippen molar-refractivity contribution in [2.24, 2.45) is 0 Å². The first-order valence-corrected chi connectivity index (χ1v) is 10.6. The van der Waals surface area contributed by atoms with Crippen molar-refractivity contribution >= 4 is 35.2 Å². The van der Waals surface area contributed by atoms with Gasteiger partial charge in [-0.25, -0.2) is 14.5 Å². The Morgan fingerprint density at radius 1 is 1.03 bits per heavy atom. The highest BCUT2D eigenvalue weighted by atomic mass is 16.5. The zero-order chi connectivity index (χ0) is 24.0. The zero-order valence-electron chi connectivity index (χ0n) is 18.9. The van der Waals surface area contributed by atoms with Gasteiger partial charge >= 0.3 is 12.0 Å². The smallest absolute Gasteiger partial charge is 0.338 e. The monoisotopic (exact) mass is 453 g/mol. The normalized spacial score (nSPS) is 15.7. The van der Waals surface area contributed by atoms with E-state index < -0.39 is 29.9 Å². The number of aryl methyl sites for hydroxylation is 1. The van der Waals surface area contributed by atoms with Gasteiger partial charge in [-0.3, -0.25) is 9.59 Å². The Morgan fingerprint density at radius 3 is 2.30 bits per heavy atom. The molecule has 0 spiro atoms. The van der Waals surface area contributed by atoms with Gasteiger partial charge in [-0.15, -0.1) is 0 Å². The number of urea groups is 1. The van der Waals surface area contributed by atoms with Crippen LogP contribution in [-0.4, -0.2) is 61.6 Å². The van der Waals surface area contributed by atoms with Gasteiger partial charge in [-0.05, 0) is 50.2 Å². The van der Waals surface area contributed by atoms with Crippen molar-refractivity contribution in [3.05, 3.63) is 59.7 Å². The molecule has 1 atom stereocenters. The molecule has 1 aliphatic rings. The number of rotatable bonds is 9. The molecule has 2 aromatic rings. The highest BCUT2D eigenvalue weighted by molar-refractivity contribution is 6.22. The van der Waals surface area contributed by atoms with Crippen molar-refractivity contribution in [3.63, 3.8) is 0 Å². The topological polar surface area (TPSA) is 105 Å². The molecule has 9 heteroatoms. The molecule has 4 amide bonds. The minimum absolute atomic E-state index is 0.176. The summed E-state index contributed by atoms with van der Waals surface area (Å²) in [6.45, 7) is 4.31. The van der Waals surface area contributed by atoms with Crippen LogP contribution in [0.2, 0.25) is 0 Å². The number of imide groups is 1. The summed E-state index contributed by atoms with van der Waals surface area (Å²) in [7, 11) is 1.50. The molecule has 0 radical (unpaired) electrons. The quantitative estimate of drug-likeness (QED) is 0.462. The third-order valence-corrected chi connectivity index (χ3v) is 5.21. The molecule has 1 N–H and O–H groups in total. The number of anilines is 2. The van der Waals surface area contributed by atoms with E-state index in [-0.39, 0.29) is 26.2 Å². The van der Waals surface area contributed by atoms with E-state index in [2.05, 4.69) is 5.32 Å². The first-order valence-electron chi connectivity index (χ1n) is 10.6. The van der Waals surface area contributed by atoms with Crippen LogP contribution in [0.1, 0.15) is 29.3 Å². The van der Waals surface area contributed by atoms with E-state index in [1.165, 1.54) is 12.0 Å². The summed E-state index contributed by atoms with van der Waals surface area (Å²) in [5.74, 6) is -1.35. The Kier molecular flexibility index (Phi) is 7.78. The third-order valence-electron chi connectivity index (χ3n) is 5.21. The molecule has 0 aliphatic carbocycles. The van der Waals surface area contributed by atoms with Crippen LogP contribution in [0.3, 0.4) is 0 Å². The van der Waals surface area contributed by atoms with Gasteiger partial charge in [0.2, 0.25) is 5.91 Å². The number of nitrogens with zero attached hydrogens (tertiary/aromatic N) is 2. The van der Waals surface area contributed by atoms with Crippen LogP contribution >= 0.6 is 0 Å². The Hall–Kier alpha value is -3.72. The molecule has 2 aromatic carbocycles. The summed E-state index contributed by atoms with van der Waals surface area (Å²) in [6, 6.07) is 11.8. The summed E-state index contributed by atoms with van der Waals surface area (Å²) in [6.07, 6.45) is -0.212. The Morgan fingerprint density at radius 2 is 1.70 bits per heavy atom. The van der Waals surface area contributed by atoms with Crippen LogP contribution in [0.15, 0.2) is 48.5 Å². The second kappa shape index (κ2) is 10.7. The van der Waals surface area contributed by atoms with Crippen LogP contribution in [0.25, 0.3) is 0 Å². The van der Waals surface area contributed by atoms with Crippen molar-refractivity contribution in [3.8, 4) is 0 Å². The number of benzene rings is 2. The summed E-state index contributed by atoms with van der Waals surface area (Å²) in [5, 5.41) is 2.71. The number of carbonyl (C=O) groups excluding carboxylic acids is 4. The van der Waals surface area contributed by atoms with Crippen LogP contribution in [-0.2, 0) is 19.1 Å². The van der Waals surface area contributed by atoms with Crippen molar-refractivity contribution < 1.29 is 28.7 Å². The summed E-state index contributed by atoms with van der Waals surface area (Å²) >= 11 is 0. The fourth-order valence-corrected chi connectivity index (χ4v) is 3.50. The molecule has 0 bridgehead atoms. The fourth-order valence-electron chi connectivity index (χ4n) is 3.50. The number of amides is 4. The van der Waals surface area contributed by atoms with Gasteiger partial charge < -0.3 is 19.7 Å². The molecule has 1 heterocycles. The largest absolute Gasteiger partial charge is 0.462 e. The molecule has 1 aliphatic heterocycles. The van der Waals surface area contributed by atoms with Gasteiger partial charge in [0.05, 0.1) is 30.9 Å². The summed E-state index contributed by atoms with van der Waals surface area (Å²) in [4.78, 5) is 53.1. The minimum atomic E-state index is -0.951. The molecular formula is C24H27N3O6. The lowest BCUT2D eigenvalue weighted by Crippen LogP contribution is -2.39. The molecule has 1 saturated heterocycles. The SMILES string of the molecule is CCOC(=O)c1ccc(NC(=O)CC2C(=O)N(c3ccc(C)cc3)C(=O)N2CCOC)cc1. The molecule has 1 fully saturated rings. The van der Waals surface area contributed by atoms with Crippen LogP contribution < -0.4 is 10.2 Å². The molecule has 174 valence electrons. The van der Waals surface area contributed by atoms with E-state index in [1.54, 1.807) is 43.3 Å². The number of ether oxygens (including phenoxy) is 2. The number of carbonyl (C=O) groups is 4. The van der Waals surface area contributed by atoms with Gasteiger partial charge in [0.15, 0.2) is 0 Å². The average molecular weight is 453 g/mol. The lowest BCUT2D eigenvalue weighted by molar-refractivity contribution is -0.124. The standard InChI is InChI=1S/C24H27N3O6/c1-4-33-23(30)17-7-9-18(10-8-17)25-21(28)15-20-22(29)27(19-11-5-16(2)6-12-19)24(31)26(20)13-14-32-3/h5-12,20H,4,13-15H2,1-3H3,(H,25,28). The average Bonchev–Trinajstić information content (AvgIpc) is 3.02. The van der Waals surface area contributed by atoms with E-state index in [4.69, 9.17) is 9.47 Å². The second-order valence-corrected chi connectivity index (χ2v) is 7.54. The molecule has 33 heavy (non-hydrogen) atoms. The van der Waals surface area contributed by atoms with Gasteiger partial charge in [-0.2, -0.15) is 0 Å². The summed E-state index contributed by atoms with van der Waals surface area (Å²) in [5.41, 5.74) is 2.28. The lowest BCUT2D eigenvalue weighted by atomic mass is 10.1. The van der Waals surface area contributed by atoms with Gasteiger partial charge in [0, 0.05) is 19.3 Å². The van der Waals surface area contributed by atoms with Crippen LogP contribution in [0, 0.1) is 6.92 Å². The van der Waals surface area contributed by atoms with Crippen molar-refractivity contribution in [1.29, 1.82) is 0 Å². The van der Waals surface area contributed by atoms with Gasteiger partial charge in [0.25, 0.3) is 5.91 Å². The predicted octanol–water partition coefficient (Wildman–Crippen LogP) is 2.98. The third kappa shape index (κ3) is 5.56. The van der Waals surface area contributed by atoms with Crippen LogP contribution in [0.4, 0.5) is 16.2 Å². The number of hydrogen-bond acceptors (Lipinski definition) is 6. The lowest BCUT2D eigenvalue weighted by Gasteiger charge is -2.21. The van der Waals surface area contributed by atoms with E-state index in [0.717, 1.165) is 10.5 Å². The van der Waals surface area contributed by atoms with E-state index >= 15 is 0 Å². The number of hydrogen-bond donors (Lipinski definition) is 1. The van der Waals surface area contributed by atoms with E-state index in [9.17, 15) is 19.2 Å². The molecule has 0 saturated carbocycles. The predicted molar refractivity (Wildman–Crippen MR) is 122 cm³/mol. The van der Waals surface area contributed by atoms with Gasteiger partial charge in [-0.1, -0.05) is 17.7 Å². The molecule has 0 aromatic heterocycles. The Balaban J connectivity index is 1.73. The summed E-state index contributed by atoms with van der Waals surface area (Å²) < 4.78 is 10.0. The minimum Gasteiger partial charge on any atom is -0.462 e.